The molecule has 2 N–H and O–H groups in total. The van der Waals surface area contributed by atoms with E-state index in [1.165, 1.54) is 0 Å². The van der Waals surface area contributed by atoms with E-state index in [0.717, 1.165) is 27.5 Å². The van der Waals surface area contributed by atoms with Gasteiger partial charge in [0.1, 0.15) is 5.01 Å². The number of pyridine rings is 1. The van der Waals surface area contributed by atoms with Crippen LogP contribution in [0.15, 0.2) is 66.8 Å². The van der Waals surface area contributed by atoms with Gasteiger partial charge >= 0.3 is 0 Å². The summed E-state index contributed by atoms with van der Waals surface area (Å²) in [6, 6.07) is 11.9. The second kappa shape index (κ2) is 7.81. The number of aromatic nitrogens is 2. The molecule has 120 valence electrons. The molecule has 0 aliphatic rings. The summed E-state index contributed by atoms with van der Waals surface area (Å²) in [5, 5.41) is 9.79. The van der Waals surface area contributed by atoms with Gasteiger partial charge in [0, 0.05) is 41.1 Å². The number of anilines is 1. The largest absolute Gasteiger partial charge is 0.359 e. The summed E-state index contributed by atoms with van der Waals surface area (Å²) < 4.78 is 0. The number of thiocarbonyl (C=S) groups is 1. The average Bonchev–Trinajstić information content (AvgIpc) is 3.11. The Hall–Kier alpha value is -2.57. The zero-order valence-electron chi connectivity index (χ0n) is 12.9. The predicted octanol–water partition coefficient (Wildman–Crippen LogP) is 4.34. The molecule has 0 spiro atoms. The first-order valence-electron chi connectivity index (χ1n) is 7.38. The summed E-state index contributed by atoms with van der Waals surface area (Å²) >= 11 is 6.85. The lowest BCUT2D eigenvalue weighted by Gasteiger charge is -2.09. The highest BCUT2D eigenvalue weighted by Gasteiger charge is 2.07. The zero-order valence-corrected chi connectivity index (χ0v) is 14.5. The summed E-state index contributed by atoms with van der Waals surface area (Å²) in [6.07, 6.45) is 5.35. The predicted molar refractivity (Wildman–Crippen MR) is 105 cm³/mol. The summed E-state index contributed by atoms with van der Waals surface area (Å²) in [4.78, 5) is 8.85. The Balaban J connectivity index is 1.78. The summed E-state index contributed by atoms with van der Waals surface area (Å²) in [6.45, 7) is 4.29. The van der Waals surface area contributed by atoms with Crippen molar-refractivity contribution < 1.29 is 0 Å². The third-order valence-corrected chi connectivity index (χ3v) is 4.37. The van der Waals surface area contributed by atoms with Crippen molar-refractivity contribution in [1.82, 2.24) is 15.3 Å². The van der Waals surface area contributed by atoms with Crippen molar-refractivity contribution in [2.75, 3.05) is 11.9 Å². The highest BCUT2D eigenvalue weighted by molar-refractivity contribution is 7.80. The minimum atomic E-state index is 0.571. The van der Waals surface area contributed by atoms with Crippen LogP contribution in [0.4, 0.5) is 5.69 Å². The van der Waals surface area contributed by atoms with Gasteiger partial charge in [-0.15, -0.1) is 17.9 Å². The van der Waals surface area contributed by atoms with E-state index in [1.807, 2.05) is 42.6 Å². The number of benzene rings is 1. The van der Waals surface area contributed by atoms with Crippen LogP contribution in [0.2, 0.25) is 0 Å². The Morgan fingerprint density at radius 3 is 2.92 bits per heavy atom. The van der Waals surface area contributed by atoms with Crippen molar-refractivity contribution >= 4 is 34.4 Å². The van der Waals surface area contributed by atoms with E-state index < -0.39 is 0 Å². The van der Waals surface area contributed by atoms with Crippen LogP contribution in [0.25, 0.3) is 21.8 Å². The topological polar surface area (TPSA) is 49.8 Å². The van der Waals surface area contributed by atoms with Crippen LogP contribution in [-0.4, -0.2) is 21.6 Å². The van der Waals surface area contributed by atoms with Crippen LogP contribution < -0.4 is 10.6 Å². The van der Waals surface area contributed by atoms with Crippen LogP contribution in [-0.2, 0) is 0 Å². The molecule has 2 heterocycles. The first-order chi connectivity index (χ1) is 11.8. The van der Waals surface area contributed by atoms with Crippen LogP contribution >= 0.6 is 23.6 Å². The quantitative estimate of drug-likeness (QED) is 0.528. The molecule has 0 atom stereocenters. The third kappa shape index (κ3) is 4.04. The monoisotopic (exact) mass is 352 g/mol. The fraction of sp³-hybridized carbons (Fsp3) is 0.0556. The lowest BCUT2D eigenvalue weighted by Crippen LogP contribution is -2.28. The Bertz CT molecular complexity index is 843. The van der Waals surface area contributed by atoms with Crippen molar-refractivity contribution in [3.8, 4) is 21.8 Å². The van der Waals surface area contributed by atoms with Crippen molar-refractivity contribution in [2.45, 2.75) is 0 Å². The zero-order chi connectivity index (χ0) is 16.8. The van der Waals surface area contributed by atoms with E-state index in [9.17, 15) is 0 Å². The Morgan fingerprint density at radius 1 is 1.25 bits per heavy atom. The summed E-state index contributed by atoms with van der Waals surface area (Å²) in [7, 11) is 0. The normalized spacial score (nSPS) is 10.2. The minimum absolute atomic E-state index is 0.571. The molecule has 1 aromatic carbocycles. The van der Waals surface area contributed by atoms with E-state index in [2.05, 4.69) is 27.6 Å². The molecule has 6 heteroatoms. The average molecular weight is 352 g/mol. The molecule has 0 bridgehead atoms. The fourth-order valence-corrected chi connectivity index (χ4v) is 3.15. The maximum Gasteiger partial charge on any atom is 0.171 e. The van der Waals surface area contributed by atoms with Crippen LogP contribution in [0.1, 0.15) is 0 Å². The van der Waals surface area contributed by atoms with Gasteiger partial charge in [-0.1, -0.05) is 18.2 Å². The van der Waals surface area contributed by atoms with Gasteiger partial charge in [-0.2, -0.15) is 0 Å². The lowest BCUT2D eigenvalue weighted by atomic mass is 10.1. The van der Waals surface area contributed by atoms with Crippen molar-refractivity contribution in [3.63, 3.8) is 0 Å². The molecule has 0 unspecified atom stereocenters. The van der Waals surface area contributed by atoms with Gasteiger partial charge in [0.15, 0.2) is 5.11 Å². The standard InChI is InChI=1S/C18H16N4S2/c1-2-8-20-18(23)21-15-7-3-5-13(10-15)16-12-24-17(22-16)14-6-4-9-19-11-14/h2-7,9-12H,1,8H2,(H2,20,21,23). The number of hydrogen-bond acceptors (Lipinski definition) is 4. The second-order valence-corrected chi connectivity index (χ2v) is 6.25. The van der Waals surface area contributed by atoms with Gasteiger partial charge in [0.05, 0.1) is 5.69 Å². The molecule has 0 aliphatic carbocycles. The molecule has 3 rings (SSSR count). The maximum absolute atomic E-state index is 5.24. The first kappa shape index (κ1) is 16.3. The Morgan fingerprint density at radius 2 is 2.12 bits per heavy atom. The molecule has 0 radical (unpaired) electrons. The number of rotatable bonds is 5. The second-order valence-electron chi connectivity index (χ2n) is 4.98. The van der Waals surface area contributed by atoms with Gasteiger partial charge in [0.2, 0.25) is 0 Å². The molecular formula is C18H16N4S2. The molecule has 0 amide bonds. The van der Waals surface area contributed by atoms with Crippen molar-refractivity contribution in [3.05, 3.63) is 66.8 Å². The van der Waals surface area contributed by atoms with Crippen LogP contribution in [0, 0.1) is 0 Å². The van der Waals surface area contributed by atoms with E-state index in [-0.39, 0.29) is 0 Å². The number of thiazole rings is 1. The van der Waals surface area contributed by atoms with Gasteiger partial charge in [-0.3, -0.25) is 4.98 Å². The molecule has 3 aromatic rings. The number of nitrogens with one attached hydrogen (secondary N) is 2. The van der Waals surface area contributed by atoms with Gasteiger partial charge < -0.3 is 10.6 Å². The highest BCUT2D eigenvalue weighted by atomic mass is 32.1. The van der Waals surface area contributed by atoms with Gasteiger partial charge in [-0.05, 0) is 36.5 Å². The third-order valence-electron chi connectivity index (χ3n) is 3.24. The van der Waals surface area contributed by atoms with E-state index in [1.54, 1.807) is 23.6 Å². The molecule has 0 aliphatic heterocycles. The summed E-state index contributed by atoms with van der Waals surface area (Å²) in [5.74, 6) is 0. The molecule has 2 aromatic heterocycles. The van der Waals surface area contributed by atoms with E-state index in [4.69, 9.17) is 17.2 Å². The lowest BCUT2D eigenvalue weighted by molar-refractivity contribution is 1.06. The van der Waals surface area contributed by atoms with Crippen LogP contribution in [0.5, 0.6) is 0 Å². The van der Waals surface area contributed by atoms with Crippen molar-refractivity contribution in [1.29, 1.82) is 0 Å². The molecule has 0 saturated heterocycles. The first-order valence-corrected chi connectivity index (χ1v) is 8.67. The Kier molecular flexibility index (Phi) is 5.30. The Labute approximate surface area is 150 Å². The van der Waals surface area contributed by atoms with Crippen molar-refractivity contribution in [2.24, 2.45) is 0 Å². The minimum Gasteiger partial charge on any atom is -0.359 e. The fourth-order valence-electron chi connectivity index (χ4n) is 2.12. The molecule has 0 fully saturated rings. The van der Waals surface area contributed by atoms with E-state index in [0.29, 0.717) is 11.7 Å². The molecular weight excluding hydrogens is 336 g/mol. The SMILES string of the molecule is C=CCNC(=S)Nc1cccc(-c2csc(-c3cccnc3)n2)c1. The van der Waals surface area contributed by atoms with E-state index >= 15 is 0 Å². The summed E-state index contributed by atoms with van der Waals surface area (Å²) in [5.41, 5.74) is 3.92. The van der Waals surface area contributed by atoms with Gasteiger partial charge in [-0.25, -0.2) is 4.98 Å². The van der Waals surface area contributed by atoms with Gasteiger partial charge in [0.25, 0.3) is 0 Å². The molecule has 24 heavy (non-hydrogen) atoms. The van der Waals surface area contributed by atoms with Crippen LogP contribution in [0.3, 0.4) is 0 Å². The molecule has 0 saturated carbocycles. The smallest absolute Gasteiger partial charge is 0.171 e. The maximum atomic E-state index is 5.24. The number of hydrogen-bond donors (Lipinski definition) is 2. The highest BCUT2D eigenvalue weighted by Crippen LogP contribution is 2.29. The molecule has 4 nitrogen and oxygen atoms in total. The number of nitrogens with zero attached hydrogens (tertiary/aromatic N) is 2.